The summed E-state index contributed by atoms with van der Waals surface area (Å²) in [5.41, 5.74) is -1.26. The number of likely N-dealkylation sites (tertiary alicyclic amines) is 1. The second-order valence-corrected chi connectivity index (χ2v) is 8.57. The molecule has 1 aliphatic heterocycles. The highest BCUT2D eigenvalue weighted by atomic mass is 35.5. The SMILES string of the molecule is C[C@H]1CCC[C@H](C)N1C(=O)c1nn2c(C(F)(F)F)cc(-c3cccs3)nc2c1Cl. The van der Waals surface area contributed by atoms with Gasteiger partial charge in [-0.3, -0.25) is 4.79 Å². The summed E-state index contributed by atoms with van der Waals surface area (Å²) in [5.74, 6) is -0.467. The molecule has 1 amide bonds. The molecule has 10 heteroatoms. The van der Waals surface area contributed by atoms with Crippen LogP contribution in [0.4, 0.5) is 13.2 Å². The predicted molar refractivity (Wildman–Crippen MR) is 105 cm³/mol. The molecule has 0 saturated carbocycles. The van der Waals surface area contributed by atoms with E-state index < -0.39 is 17.8 Å². The molecule has 4 rings (SSSR count). The molecule has 4 heterocycles. The van der Waals surface area contributed by atoms with Crippen molar-refractivity contribution >= 4 is 34.5 Å². The monoisotopic (exact) mass is 442 g/mol. The van der Waals surface area contributed by atoms with Gasteiger partial charge < -0.3 is 4.90 Å². The van der Waals surface area contributed by atoms with E-state index in [1.165, 1.54) is 11.3 Å². The third kappa shape index (κ3) is 3.50. The van der Waals surface area contributed by atoms with E-state index in [0.717, 1.165) is 25.3 Å². The number of carbonyl (C=O) groups is 1. The summed E-state index contributed by atoms with van der Waals surface area (Å²) in [6.07, 6.45) is -2.03. The number of carbonyl (C=O) groups excluding carboxylic acids is 1. The minimum atomic E-state index is -4.69. The molecular weight excluding hydrogens is 425 g/mol. The maximum atomic E-state index is 13.7. The molecule has 0 spiro atoms. The fraction of sp³-hybridized carbons (Fsp3) is 0.421. The second kappa shape index (κ2) is 7.28. The number of hydrogen-bond donors (Lipinski definition) is 0. The number of thiophene rings is 1. The molecule has 0 unspecified atom stereocenters. The molecule has 1 saturated heterocycles. The lowest BCUT2D eigenvalue weighted by molar-refractivity contribution is -0.142. The van der Waals surface area contributed by atoms with Crippen molar-refractivity contribution in [2.45, 2.75) is 51.4 Å². The van der Waals surface area contributed by atoms with Crippen molar-refractivity contribution in [2.75, 3.05) is 0 Å². The molecule has 29 heavy (non-hydrogen) atoms. The second-order valence-electron chi connectivity index (χ2n) is 7.24. The highest BCUT2D eigenvalue weighted by Crippen LogP contribution is 2.36. The number of amides is 1. The van der Waals surface area contributed by atoms with Gasteiger partial charge in [-0.2, -0.15) is 18.3 Å². The summed E-state index contributed by atoms with van der Waals surface area (Å²) in [4.78, 5) is 19.7. The van der Waals surface area contributed by atoms with E-state index in [9.17, 15) is 18.0 Å². The first kappa shape index (κ1) is 20.2. The van der Waals surface area contributed by atoms with Crippen LogP contribution in [0.15, 0.2) is 23.6 Å². The van der Waals surface area contributed by atoms with Gasteiger partial charge in [0.15, 0.2) is 17.0 Å². The van der Waals surface area contributed by atoms with Crippen LogP contribution in [0.2, 0.25) is 5.02 Å². The number of halogens is 4. The van der Waals surface area contributed by atoms with Gasteiger partial charge in [-0.1, -0.05) is 17.7 Å². The molecule has 3 aromatic heterocycles. The Balaban J connectivity index is 1.89. The van der Waals surface area contributed by atoms with E-state index in [4.69, 9.17) is 11.6 Å². The van der Waals surface area contributed by atoms with Gasteiger partial charge in [-0.05, 0) is 50.6 Å². The fourth-order valence-corrected chi connectivity index (χ4v) is 4.75. The lowest BCUT2D eigenvalue weighted by Gasteiger charge is -2.38. The van der Waals surface area contributed by atoms with Crippen molar-refractivity contribution < 1.29 is 18.0 Å². The van der Waals surface area contributed by atoms with Crippen molar-refractivity contribution in [2.24, 2.45) is 0 Å². The van der Waals surface area contributed by atoms with Crippen molar-refractivity contribution in [1.29, 1.82) is 0 Å². The van der Waals surface area contributed by atoms with Crippen molar-refractivity contribution in [1.82, 2.24) is 19.5 Å². The number of hydrogen-bond acceptors (Lipinski definition) is 4. The van der Waals surface area contributed by atoms with Crippen LogP contribution in [0.5, 0.6) is 0 Å². The summed E-state index contributed by atoms with van der Waals surface area (Å²) in [6, 6.07) is 4.26. The molecule has 5 nitrogen and oxygen atoms in total. The highest BCUT2D eigenvalue weighted by molar-refractivity contribution is 7.13. The van der Waals surface area contributed by atoms with Gasteiger partial charge in [-0.15, -0.1) is 11.3 Å². The first-order chi connectivity index (χ1) is 13.7. The average molecular weight is 443 g/mol. The van der Waals surface area contributed by atoms with Crippen molar-refractivity contribution in [3.8, 4) is 10.6 Å². The van der Waals surface area contributed by atoms with Crippen LogP contribution in [0.3, 0.4) is 0 Å². The molecule has 0 bridgehead atoms. The summed E-state index contributed by atoms with van der Waals surface area (Å²) >= 11 is 7.63. The molecule has 0 aromatic carbocycles. The third-order valence-corrected chi connectivity index (χ3v) is 6.47. The summed E-state index contributed by atoms with van der Waals surface area (Å²) in [6.45, 7) is 3.84. The van der Waals surface area contributed by atoms with Crippen molar-refractivity contribution in [3.63, 3.8) is 0 Å². The standard InChI is InChI=1S/C19H18ClF3N4OS/c1-10-5-3-6-11(2)26(10)18(28)16-15(20)17-24-12(13-7-4-8-29-13)9-14(19(21,22)23)27(17)25-16/h4,7-11H,3,5-6H2,1-2H3/t10-,11-/m0/s1. The van der Waals surface area contributed by atoms with E-state index in [1.54, 1.807) is 22.4 Å². The normalized spacial score (nSPS) is 20.4. The van der Waals surface area contributed by atoms with Gasteiger partial charge >= 0.3 is 6.18 Å². The number of rotatable bonds is 2. The summed E-state index contributed by atoms with van der Waals surface area (Å²) in [7, 11) is 0. The Labute approximate surface area is 174 Å². The minimum Gasteiger partial charge on any atom is -0.332 e. The molecule has 0 radical (unpaired) electrons. The average Bonchev–Trinajstić information content (AvgIpc) is 3.28. The first-order valence-electron chi connectivity index (χ1n) is 9.21. The van der Waals surface area contributed by atoms with E-state index in [0.29, 0.717) is 9.39 Å². The van der Waals surface area contributed by atoms with Crippen molar-refractivity contribution in [3.05, 3.63) is 40.0 Å². The number of aromatic nitrogens is 3. The van der Waals surface area contributed by atoms with Gasteiger partial charge in [0.25, 0.3) is 5.91 Å². The maximum absolute atomic E-state index is 13.7. The Morgan fingerprint density at radius 2 is 1.97 bits per heavy atom. The molecule has 0 N–H and O–H groups in total. The fourth-order valence-electron chi connectivity index (χ4n) is 3.82. The smallest absolute Gasteiger partial charge is 0.332 e. The van der Waals surface area contributed by atoms with Crippen LogP contribution in [-0.4, -0.2) is 37.5 Å². The quantitative estimate of drug-likeness (QED) is 0.524. The first-order valence-corrected chi connectivity index (χ1v) is 10.5. The molecule has 0 aliphatic carbocycles. The topological polar surface area (TPSA) is 50.5 Å². The molecular formula is C19H18ClF3N4OS. The molecule has 2 atom stereocenters. The van der Waals surface area contributed by atoms with E-state index in [1.807, 2.05) is 13.8 Å². The maximum Gasteiger partial charge on any atom is 0.433 e. The lowest BCUT2D eigenvalue weighted by atomic mass is 9.97. The van der Waals surface area contributed by atoms with E-state index in [-0.39, 0.29) is 34.1 Å². The summed E-state index contributed by atoms with van der Waals surface area (Å²) < 4.78 is 41.8. The predicted octanol–water partition coefficient (Wildman–Crippen LogP) is 5.53. The summed E-state index contributed by atoms with van der Waals surface area (Å²) in [5, 5.41) is 5.55. The Morgan fingerprint density at radius 1 is 1.28 bits per heavy atom. The number of piperidine rings is 1. The minimum absolute atomic E-state index is 0.0381. The van der Waals surface area contributed by atoms with Crippen LogP contribution < -0.4 is 0 Å². The number of nitrogens with zero attached hydrogens (tertiary/aromatic N) is 4. The lowest BCUT2D eigenvalue weighted by Crippen LogP contribution is -2.47. The Morgan fingerprint density at radius 3 is 2.55 bits per heavy atom. The molecule has 1 aliphatic rings. The van der Waals surface area contributed by atoms with E-state index in [2.05, 4.69) is 10.1 Å². The Kier molecular flexibility index (Phi) is 5.06. The van der Waals surface area contributed by atoms with Gasteiger partial charge in [-0.25, -0.2) is 9.50 Å². The van der Waals surface area contributed by atoms with Crippen LogP contribution in [0, 0.1) is 0 Å². The van der Waals surface area contributed by atoms with Gasteiger partial charge in [0.1, 0.15) is 5.02 Å². The van der Waals surface area contributed by atoms with Gasteiger partial charge in [0.2, 0.25) is 0 Å². The molecule has 1 fully saturated rings. The van der Waals surface area contributed by atoms with Crippen LogP contribution in [0.1, 0.15) is 49.3 Å². The largest absolute Gasteiger partial charge is 0.433 e. The van der Waals surface area contributed by atoms with Crippen LogP contribution in [0.25, 0.3) is 16.2 Å². The van der Waals surface area contributed by atoms with Gasteiger partial charge in [0, 0.05) is 12.1 Å². The zero-order valence-corrected chi connectivity index (χ0v) is 17.3. The van der Waals surface area contributed by atoms with Crippen LogP contribution >= 0.6 is 22.9 Å². The molecule has 3 aromatic rings. The van der Waals surface area contributed by atoms with E-state index >= 15 is 0 Å². The zero-order valence-electron chi connectivity index (χ0n) is 15.7. The number of fused-ring (bicyclic) bond motifs is 1. The highest BCUT2D eigenvalue weighted by Gasteiger charge is 2.38. The molecule has 154 valence electrons. The Hall–Kier alpha value is -2.13. The van der Waals surface area contributed by atoms with Gasteiger partial charge in [0.05, 0.1) is 10.6 Å². The zero-order chi connectivity index (χ0) is 20.9. The Bertz CT molecular complexity index is 1050. The van der Waals surface area contributed by atoms with Crippen LogP contribution in [-0.2, 0) is 6.18 Å². The number of alkyl halides is 3. The third-order valence-electron chi connectivity index (χ3n) is 5.23.